The number of nitrogens with zero attached hydrogens (tertiary/aromatic N) is 1. The van der Waals surface area contributed by atoms with Crippen LogP contribution in [-0.2, 0) is 27.9 Å². The average molecular weight is 943 g/mol. The molecule has 0 saturated heterocycles. The van der Waals surface area contributed by atoms with Gasteiger partial charge in [-0.3, -0.25) is 13.8 Å². The molecule has 0 aromatic carbocycles. The normalized spacial score (nSPS) is 13.5. The second kappa shape index (κ2) is 49.7. The molecule has 0 aromatic rings. The molecule has 0 rings (SSSR count). The van der Waals surface area contributed by atoms with Gasteiger partial charge in [-0.25, -0.2) is 4.57 Å². The predicted octanol–water partition coefficient (Wildman–Crippen LogP) is 17.7. The van der Waals surface area contributed by atoms with Crippen LogP contribution in [0, 0.1) is 0 Å². The third kappa shape index (κ3) is 54.1. The van der Waals surface area contributed by atoms with Crippen molar-refractivity contribution in [3.8, 4) is 0 Å². The van der Waals surface area contributed by atoms with E-state index in [4.69, 9.17) is 18.5 Å². The van der Waals surface area contributed by atoms with Crippen molar-refractivity contribution in [1.29, 1.82) is 0 Å². The molecule has 1 N–H and O–H groups in total. The number of ether oxygens (including phenoxy) is 2. The topological polar surface area (TPSA) is 91.3 Å². The Morgan fingerprint density at radius 1 is 0.462 bits per heavy atom. The molecule has 2 unspecified atom stereocenters. The summed E-state index contributed by atoms with van der Waals surface area (Å²) in [5.41, 5.74) is 0. The molecule has 388 valence electrons. The first-order valence-corrected chi connectivity index (χ1v) is 29.9. The maximum absolute atomic E-state index is 12.8. The summed E-state index contributed by atoms with van der Waals surface area (Å²) in [5, 5.41) is 0. The number of phosphoric ester groups is 1. The second-order valence-corrected chi connectivity index (χ2v) is 22.1. The maximum atomic E-state index is 12.8. The third-order valence-electron chi connectivity index (χ3n) is 12.8. The number of hydrogen-bond acceptors (Lipinski definition) is 6. The average Bonchev–Trinajstić information content (AvgIpc) is 3.27. The van der Waals surface area contributed by atoms with Crippen LogP contribution in [-0.4, -0.2) is 75.6 Å². The molecule has 0 aliphatic rings. The largest absolute Gasteiger partial charge is 0.472 e. The van der Waals surface area contributed by atoms with Crippen molar-refractivity contribution >= 4 is 13.8 Å². The third-order valence-corrected chi connectivity index (χ3v) is 13.8. The summed E-state index contributed by atoms with van der Waals surface area (Å²) in [6.45, 7) is 5.70. The number of rotatable bonds is 54. The number of phosphoric acid groups is 1. The summed E-state index contributed by atoms with van der Waals surface area (Å²) >= 11 is 0. The van der Waals surface area contributed by atoms with Crippen molar-refractivity contribution in [2.45, 2.75) is 290 Å². The Kier molecular flexibility index (Phi) is 49.1. The van der Waals surface area contributed by atoms with Gasteiger partial charge in [0.15, 0.2) is 0 Å². The van der Waals surface area contributed by atoms with Crippen molar-refractivity contribution in [3.05, 3.63) is 12.2 Å². The van der Waals surface area contributed by atoms with Crippen molar-refractivity contribution in [1.82, 2.24) is 0 Å². The zero-order valence-electron chi connectivity index (χ0n) is 44.3. The minimum absolute atomic E-state index is 0.0921. The van der Waals surface area contributed by atoms with E-state index < -0.39 is 13.9 Å². The molecule has 9 heteroatoms. The van der Waals surface area contributed by atoms with E-state index in [0.29, 0.717) is 24.1 Å². The van der Waals surface area contributed by atoms with E-state index in [-0.39, 0.29) is 25.8 Å². The van der Waals surface area contributed by atoms with Crippen LogP contribution in [0.15, 0.2) is 12.2 Å². The molecule has 0 saturated carbocycles. The highest BCUT2D eigenvalue weighted by Crippen LogP contribution is 2.43. The molecule has 0 aliphatic carbocycles. The fraction of sp³-hybridized carbons (Fsp3) is 0.946. The highest BCUT2D eigenvalue weighted by molar-refractivity contribution is 7.47. The van der Waals surface area contributed by atoms with Gasteiger partial charge in [-0.05, 0) is 38.5 Å². The molecule has 0 spiro atoms. The molecule has 0 aliphatic heterocycles. The number of likely N-dealkylation sites (N-methyl/N-ethyl adjacent to an activating group) is 1. The van der Waals surface area contributed by atoms with E-state index in [0.717, 1.165) is 32.1 Å². The Balaban J connectivity index is 4.04. The maximum Gasteiger partial charge on any atom is 0.472 e. The van der Waals surface area contributed by atoms with Gasteiger partial charge >= 0.3 is 13.8 Å². The van der Waals surface area contributed by atoms with Gasteiger partial charge in [-0.1, -0.05) is 251 Å². The van der Waals surface area contributed by atoms with Crippen molar-refractivity contribution in [2.75, 3.05) is 54.1 Å². The van der Waals surface area contributed by atoms with E-state index in [9.17, 15) is 14.3 Å². The molecule has 0 bridgehead atoms. The zero-order chi connectivity index (χ0) is 47.6. The Labute approximate surface area is 405 Å². The first kappa shape index (κ1) is 64.2. The molecule has 65 heavy (non-hydrogen) atoms. The van der Waals surface area contributed by atoms with E-state index in [1.54, 1.807) is 0 Å². The SMILES string of the molecule is CCCCCCCCCC/C=C\CCCCCCCCCCCC(=O)OC(COCCCCCCCCCCCCCCCCCCCCCCCC)COP(=O)(O)OCC[N+](C)(C)C. The highest BCUT2D eigenvalue weighted by Gasteiger charge is 2.26. The lowest BCUT2D eigenvalue weighted by Gasteiger charge is -2.24. The molecule has 0 fully saturated rings. The van der Waals surface area contributed by atoms with Gasteiger partial charge in [0.2, 0.25) is 0 Å². The van der Waals surface area contributed by atoms with Gasteiger partial charge in [-0.2, -0.15) is 0 Å². The Morgan fingerprint density at radius 3 is 1.17 bits per heavy atom. The smallest absolute Gasteiger partial charge is 0.457 e. The lowest BCUT2D eigenvalue weighted by Crippen LogP contribution is -2.37. The van der Waals surface area contributed by atoms with E-state index in [1.165, 1.54) is 231 Å². The fourth-order valence-electron chi connectivity index (χ4n) is 8.43. The molecule has 2 atom stereocenters. The van der Waals surface area contributed by atoms with Gasteiger partial charge in [0.05, 0.1) is 34.4 Å². The number of hydrogen-bond donors (Lipinski definition) is 1. The number of esters is 1. The molecular formula is C56H113NO7P+. The fourth-order valence-corrected chi connectivity index (χ4v) is 9.18. The molecule has 0 radical (unpaired) electrons. The summed E-state index contributed by atoms with van der Waals surface area (Å²) in [6, 6.07) is 0. The van der Waals surface area contributed by atoms with Crippen LogP contribution < -0.4 is 0 Å². The van der Waals surface area contributed by atoms with Crippen LogP contribution in [0.1, 0.15) is 284 Å². The predicted molar refractivity (Wildman–Crippen MR) is 280 cm³/mol. The first-order valence-electron chi connectivity index (χ1n) is 28.4. The summed E-state index contributed by atoms with van der Waals surface area (Å²) in [5.74, 6) is -0.308. The Morgan fingerprint density at radius 2 is 0.800 bits per heavy atom. The van der Waals surface area contributed by atoms with Crippen LogP contribution in [0.5, 0.6) is 0 Å². The van der Waals surface area contributed by atoms with Crippen LogP contribution in [0.4, 0.5) is 0 Å². The zero-order valence-corrected chi connectivity index (χ0v) is 45.2. The number of allylic oxidation sites excluding steroid dienone is 2. The van der Waals surface area contributed by atoms with Crippen molar-refractivity contribution < 1.29 is 37.3 Å². The van der Waals surface area contributed by atoms with Gasteiger partial charge < -0.3 is 18.9 Å². The van der Waals surface area contributed by atoms with Gasteiger partial charge in [-0.15, -0.1) is 0 Å². The molecule has 8 nitrogen and oxygen atoms in total. The second-order valence-electron chi connectivity index (χ2n) is 20.7. The number of carbonyl (C=O) groups is 1. The monoisotopic (exact) mass is 943 g/mol. The van der Waals surface area contributed by atoms with Crippen LogP contribution in [0.3, 0.4) is 0 Å². The molecule has 0 amide bonds. The standard InChI is InChI=1S/C56H112NO7P/c1-6-8-10-12-14-16-18-20-22-24-26-28-30-32-34-36-38-40-42-44-46-48-51-61-53-55(54-63-65(59,60)62-52-50-57(3,4)5)64-56(58)49-47-45-43-41-39-37-35-33-31-29-27-25-23-21-19-17-15-13-11-9-7-2/h25,27,55H,6-24,26,28-54H2,1-5H3/p+1/b27-25-. The molecule has 0 heterocycles. The van der Waals surface area contributed by atoms with Crippen molar-refractivity contribution in [3.63, 3.8) is 0 Å². The Hall–Kier alpha value is -0.760. The van der Waals surface area contributed by atoms with Gasteiger partial charge in [0, 0.05) is 13.0 Å². The van der Waals surface area contributed by atoms with Gasteiger partial charge in [0.25, 0.3) is 0 Å². The molecular weight excluding hydrogens is 830 g/mol. The minimum Gasteiger partial charge on any atom is -0.457 e. The number of unbranched alkanes of at least 4 members (excludes halogenated alkanes) is 38. The highest BCUT2D eigenvalue weighted by atomic mass is 31.2. The summed E-state index contributed by atoms with van der Waals surface area (Å²) in [4.78, 5) is 23.1. The van der Waals surface area contributed by atoms with E-state index in [2.05, 4.69) is 26.0 Å². The summed E-state index contributed by atoms with van der Waals surface area (Å²) in [7, 11) is 1.69. The number of quaternary nitrogens is 1. The van der Waals surface area contributed by atoms with Crippen LogP contribution in [0.25, 0.3) is 0 Å². The Bertz CT molecular complexity index is 1050. The van der Waals surface area contributed by atoms with Crippen LogP contribution in [0.2, 0.25) is 0 Å². The quantitative estimate of drug-likeness (QED) is 0.0213. The van der Waals surface area contributed by atoms with Gasteiger partial charge in [0.1, 0.15) is 19.3 Å². The van der Waals surface area contributed by atoms with Crippen LogP contribution >= 0.6 is 7.82 Å². The number of carbonyl (C=O) groups excluding carboxylic acids is 1. The molecule has 0 aromatic heterocycles. The summed E-state index contributed by atoms with van der Waals surface area (Å²) in [6.07, 6.45) is 58.4. The van der Waals surface area contributed by atoms with E-state index >= 15 is 0 Å². The minimum atomic E-state index is -4.28. The lowest BCUT2D eigenvalue weighted by molar-refractivity contribution is -0.870. The van der Waals surface area contributed by atoms with E-state index in [1.807, 2.05) is 21.1 Å². The summed E-state index contributed by atoms with van der Waals surface area (Å²) < 4.78 is 35.3. The lowest BCUT2D eigenvalue weighted by atomic mass is 10.0. The van der Waals surface area contributed by atoms with Crippen molar-refractivity contribution in [2.24, 2.45) is 0 Å². The first-order chi connectivity index (χ1) is 31.6.